The van der Waals surface area contributed by atoms with Gasteiger partial charge in [0.15, 0.2) is 5.96 Å². The van der Waals surface area contributed by atoms with Gasteiger partial charge in [0.1, 0.15) is 5.82 Å². The van der Waals surface area contributed by atoms with E-state index in [1.807, 2.05) is 29.1 Å². The summed E-state index contributed by atoms with van der Waals surface area (Å²) in [7, 11) is 1.78. The number of guanidine groups is 1. The Bertz CT molecular complexity index is 677. The molecule has 2 N–H and O–H groups in total. The third-order valence-electron chi connectivity index (χ3n) is 3.98. The molecule has 136 valence electrons. The van der Waals surface area contributed by atoms with Gasteiger partial charge >= 0.3 is 0 Å². The molecule has 1 fully saturated rings. The summed E-state index contributed by atoms with van der Waals surface area (Å²) in [6.07, 6.45) is 6.52. The Hall–Kier alpha value is -1.55. The summed E-state index contributed by atoms with van der Waals surface area (Å²) in [5.41, 5.74) is 0. The molecule has 2 aromatic heterocycles. The fourth-order valence-corrected chi connectivity index (χ4v) is 3.03. The summed E-state index contributed by atoms with van der Waals surface area (Å²) >= 11 is 6.23. The summed E-state index contributed by atoms with van der Waals surface area (Å²) in [4.78, 5) is 10.9. The summed E-state index contributed by atoms with van der Waals surface area (Å²) < 4.78 is 1.89. The van der Waals surface area contributed by atoms with Gasteiger partial charge in [0, 0.05) is 51.3 Å². The minimum absolute atomic E-state index is 0. The number of hydrogen-bond donors (Lipinski definition) is 2. The van der Waals surface area contributed by atoms with Crippen LogP contribution in [-0.2, 0) is 6.54 Å². The van der Waals surface area contributed by atoms with E-state index in [4.69, 9.17) is 11.6 Å². The molecule has 0 aromatic carbocycles. The van der Waals surface area contributed by atoms with Crippen LogP contribution in [0.4, 0.5) is 5.82 Å². The lowest BCUT2D eigenvalue weighted by molar-refractivity contribution is 0.587. The molecule has 2 aromatic rings. The minimum atomic E-state index is 0. The lowest BCUT2D eigenvalue weighted by Crippen LogP contribution is -2.45. The highest BCUT2D eigenvalue weighted by Gasteiger charge is 2.25. The summed E-state index contributed by atoms with van der Waals surface area (Å²) in [5, 5.41) is 11.7. The van der Waals surface area contributed by atoms with Gasteiger partial charge in [-0.2, -0.15) is 5.10 Å². The predicted molar refractivity (Wildman–Crippen MR) is 112 cm³/mol. The van der Waals surface area contributed by atoms with Crippen molar-refractivity contribution in [2.45, 2.75) is 19.0 Å². The number of halogens is 2. The molecule has 0 spiro atoms. The van der Waals surface area contributed by atoms with E-state index in [0.29, 0.717) is 11.1 Å². The number of nitrogens with one attached hydrogen (secondary N) is 2. The molecule has 1 atom stereocenters. The normalized spacial score (nSPS) is 17.3. The second-order valence-electron chi connectivity index (χ2n) is 5.65. The molecule has 0 bridgehead atoms. The number of hydrogen-bond acceptors (Lipinski definition) is 4. The molecule has 0 saturated carbocycles. The van der Waals surface area contributed by atoms with Crippen LogP contribution in [0, 0.1) is 0 Å². The van der Waals surface area contributed by atoms with Crippen LogP contribution in [0.15, 0.2) is 41.8 Å². The van der Waals surface area contributed by atoms with Gasteiger partial charge in [0.05, 0.1) is 11.6 Å². The molecule has 3 rings (SSSR count). The van der Waals surface area contributed by atoms with Crippen LogP contribution in [-0.4, -0.2) is 53.4 Å². The molecule has 0 radical (unpaired) electrons. The van der Waals surface area contributed by atoms with E-state index in [0.717, 1.165) is 44.4 Å². The summed E-state index contributed by atoms with van der Waals surface area (Å²) in [6.45, 7) is 3.35. The third-order valence-corrected chi connectivity index (χ3v) is 4.28. The van der Waals surface area contributed by atoms with Crippen molar-refractivity contribution in [3.8, 4) is 0 Å². The number of pyridine rings is 1. The maximum Gasteiger partial charge on any atom is 0.191 e. The Labute approximate surface area is 169 Å². The Balaban J connectivity index is 0.00000225. The van der Waals surface area contributed by atoms with Crippen molar-refractivity contribution in [1.82, 2.24) is 25.4 Å². The first-order chi connectivity index (χ1) is 11.8. The van der Waals surface area contributed by atoms with E-state index in [2.05, 4.69) is 30.6 Å². The van der Waals surface area contributed by atoms with E-state index in [9.17, 15) is 0 Å². The number of nitrogens with zero attached hydrogens (tertiary/aromatic N) is 5. The zero-order chi connectivity index (χ0) is 16.8. The topological polar surface area (TPSA) is 70.4 Å². The van der Waals surface area contributed by atoms with Gasteiger partial charge in [0.2, 0.25) is 0 Å². The number of anilines is 1. The molecular formula is C16H23ClIN7. The standard InChI is InChI=1S/C16H22ClN7.HI/c1-18-16(20-8-11-24-9-3-7-21-24)22-13-5-10-23(12-13)15-14(17)4-2-6-19-15;/h2-4,6-7,9,13H,5,8,10-12H2,1H3,(H2,18,20,22);1H. The first kappa shape index (κ1) is 19.8. The van der Waals surface area contributed by atoms with Crippen molar-refractivity contribution >= 4 is 47.4 Å². The Kier molecular flexibility index (Phi) is 7.76. The van der Waals surface area contributed by atoms with Crippen molar-refractivity contribution < 1.29 is 0 Å². The smallest absolute Gasteiger partial charge is 0.191 e. The van der Waals surface area contributed by atoms with Gasteiger partial charge in [-0.05, 0) is 24.6 Å². The highest BCUT2D eigenvalue weighted by molar-refractivity contribution is 14.0. The zero-order valence-corrected chi connectivity index (χ0v) is 17.2. The molecular weight excluding hydrogens is 453 g/mol. The van der Waals surface area contributed by atoms with Crippen LogP contribution in [0.25, 0.3) is 0 Å². The third kappa shape index (κ3) is 5.46. The zero-order valence-electron chi connectivity index (χ0n) is 14.1. The van der Waals surface area contributed by atoms with Crippen LogP contribution < -0.4 is 15.5 Å². The lowest BCUT2D eigenvalue weighted by Gasteiger charge is -2.20. The van der Waals surface area contributed by atoms with Crippen LogP contribution in [0.5, 0.6) is 0 Å². The van der Waals surface area contributed by atoms with Gasteiger partial charge in [-0.25, -0.2) is 4.98 Å². The first-order valence-corrected chi connectivity index (χ1v) is 8.44. The maximum atomic E-state index is 6.23. The molecule has 0 amide bonds. The van der Waals surface area contributed by atoms with Crippen LogP contribution in [0.3, 0.4) is 0 Å². The molecule has 9 heteroatoms. The monoisotopic (exact) mass is 475 g/mol. The Morgan fingerprint density at radius 2 is 2.28 bits per heavy atom. The maximum absolute atomic E-state index is 6.23. The first-order valence-electron chi connectivity index (χ1n) is 8.06. The van der Waals surface area contributed by atoms with E-state index < -0.39 is 0 Å². The minimum Gasteiger partial charge on any atom is -0.355 e. The molecule has 1 unspecified atom stereocenters. The second kappa shape index (κ2) is 9.81. The van der Waals surface area contributed by atoms with Crippen molar-refractivity contribution in [2.24, 2.45) is 4.99 Å². The van der Waals surface area contributed by atoms with Crippen LogP contribution in [0.2, 0.25) is 5.02 Å². The fraction of sp³-hybridized carbons (Fsp3) is 0.438. The van der Waals surface area contributed by atoms with Crippen LogP contribution in [0.1, 0.15) is 6.42 Å². The number of aliphatic imine (C=N–C) groups is 1. The van der Waals surface area contributed by atoms with E-state index in [1.165, 1.54) is 0 Å². The highest BCUT2D eigenvalue weighted by atomic mass is 127. The van der Waals surface area contributed by atoms with Gasteiger partial charge < -0.3 is 15.5 Å². The van der Waals surface area contributed by atoms with E-state index in [-0.39, 0.29) is 24.0 Å². The van der Waals surface area contributed by atoms with Gasteiger partial charge in [-0.1, -0.05) is 11.6 Å². The largest absolute Gasteiger partial charge is 0.355 e. The molecule has 25 heavy (non-hydrogen) atoms. The summed E-state index contributed by atoms with van der Waals surface area (Å²) in [6, 6.07) is 5.96. The summed E-state index contributed by atoms with van der Waals surface area (Å²) in [5.74, 6) is 1.66. The quantitative estimate of drug-likeness (QED) is 0.393. The van der Waals surface area contributed by atoms with Crippen molar-refractivity contribution in [2.75, 3.05) is 31.6 Å². The Morgan fingerprint density at radius 3 is 3.00 bits per heavy atom. The number of aromatic nitrogens is 3. The molecule has 7 nitrogen and oxygen atoms in total. The van der Waals surface area contributed by atoms with Gasteiger partial charge in [-0.15, -0.1) is 24.0 Å². The number of rotatable bonds is 5. The highest BCUT2D eigenvalue weighted by Crippen LogP contribution is 2.25. The fourth-order valence-electron chi connectivity index (χ4n) is 2.79. The molecule has 1 aliphatic rings. The molecule has 1 aliphatic heterocycles. The average Bonchev–Trinajstić information content (AvgIpc) is 3.26. The van der Waals surface area contributed by atoms with E-state index >= 15 is 0 Å². The van der Waals surface area contributed by atoms with Crippen molar-refractivity contribution in [3.05, 3.63) is 41.8 Å². The lowest BCUT2D eigenvalue weighted by atomic mass is 10.3. The molecule has 1 saturated heterocycles. The Morgan fingerprint density at radius 1 is 1.40 bits per heavy atom. The molecule has 0 aliphatic carbocycles. The SMILES string of the molecule is CN=C(NCCn1cccn1)NC1CCN(c2ncccc2Cl)C1.I. The average molecular weight is 476 g/mol. The van der Waals surface area contributed by atoms with E-state index in [1.54, 1.807) is 19.4 Å². The predicted octanol–water partition coefficient (Wildman–Crippen LogP) is 1.99. The van der Waals surface area contributed by atoms with Gasteiger partial charge in [0.25, 0.3) is 0 Å². The van der Waals surface area contributed by atoms with Crippen molar-refractivity contribution in [1.29, 1.82) is 0 Å². The van der Waals surface area contributed by atoms with Crippen molar-refractivity contribution in [3.63, 3.8) is 0 Å². The molecule has 3 heterocycles. The van der Waals surface area contributed by atoms with Crippen LogP contribution >= 0.6 is 35.6 Å². The van der Waals surface area contributed by atoms with Gasteiger partial charge in [-0.3, -0.25) is 9.67 Å². The second-order valence-corrected chi connectivity index (χ2v) is 6.06.